The van der Waals surface area contributed by atoms with E-state index in [1.807, 2.05) is 0 Å². The molecule has 1 saturated carbocycles. The lowest BCUT2D eigenvalue weighted by Crippen LogP contribution is -2.63. The van der Waals surface area contributed by atoms with E-state index in [-0.39, 0.29) is 5.91 Å². The maximum Gasteiger partial charge on any atom is 0.236 e. The molecule has 0 bridgehead atoms. The molecule has 3 aliphatic heterocycles. The molecule has 1 aromatic carbocycles. The van der Waals surface area contributed by atoms with Crippen LogP contribution in [-0.2, 0) is 22.6 Å². The monoisotopic (exact) mass is 341 g/mol. The van der Waals surface area contributed by atoms with E-state index in [1.165, 1.54) is 24.0 Å². The number of amides is 1. The van der Waals surface area contributed by atoms with Gasteiger partial charge in [-0.2, -0.15) is 0 Å². The van der Waals surface area contributed by atoms with Crippen LogP contribution in [0.3, 0.4) is 0 Å². The SMILES string of the molecule is O=C(CN1Cc2ccccc2C1)N1CCN2[C@@H](COC[C@@H]2C2CC2)C1. The molecule has 134 valence electrons. The average molecular weight is 341 g/mol. The smallest absolute Gasteiger partial charge is 0.236 e. The van der Waals surface area contributed by atoms with Crippen LogP contribution in [-0.4, -0.2) is 72.1 Å². The van der Waals surface area contributed by atoms with Crippen molar-refractivity contribution in [2.75, 3.05) is 39.4 Å². The summed E-state index contributed by atoms with van der Waals surface area (Å²) in [6, 6.07) is 9.52. The van der Waals surface area contributed by atoms with Gasteiger partial charge in [-0.05, 0) is 29.9 Å². The number of morpholine rings is 1. The maximum atomic E-state index is 12.8. The third kappa shape index (κ3) is 3.09. The molecule has 3 fully saturated rings. The van der Waals surface area contributed by atoms with Gasteiger partial charge in [0.2, 0.25) is 5.91 Å². The molecule has 5 heteroatoms. The molecule has 25 heavy (non-hydrogen) atoms. The number of nitrogens with zero attached hydrogens (tertiary/aromatic N) is 3. The number of carbonyl (C=O) groups excluding carboxylic acids is 1. The van der Waals surface area contributed by atoms with E-state index in [4.69, 9.17) is 4.74 Å². The number of hydrogen-bond donors (Lipinski definition) is 0. The van der Waals surface area contributed by atoms with Gasteiger partial charge in [0.1, 0.15) is 0 Å². The number of hydrogen-bond acceptors (Lipinski definition) is 4. The second-order valence-corrected chi connectivity index (χ2v) is 8.09. The van der Waals surface area contributed by atoms with Gasteiger partial charge in [0.05, 0.1) is 25.8 Å². The van der Waals surface area contributed by atoms with E-state index in [0.29, 0.717) is 18.6 Å². The van der Waals surface area contributed by atoms with Crippen molar-refractivity contribution in [3.8, 4) is 0 Å². The topological polar surface area (TPSA) is 36.0 Å². The second kappa shape index (κ2) is 6.38. The molecule has 2 atom stereocenters. The summed E-state index contributed by atoms with van der Waals surface area (Å²) in [7, 11) is 0. The fourth-order valence-corrected chi connectivity index (χ4v) is 4.80. The van der Waals surface area contributed by atoms with Crippen LogP contribution in [0, 0.1) is 5.92 Å². The van der Waals surface area contributed by atoms with E-state index >= 15 is 0 Å². The molecule has 0 radical (unpaired) electrons. The first-order chi connectivity index (χ1) is 12.3. The number of ether oxygens (including phenoxy) is 1. The first-order valence-electron chi connectivity index (χ1n) is 9.68. The van der Waals surface area contributed by atoms with Gasteiger partial charge in [-0.15, -0.1) is 0 Å². The van der Waals surface area contributed by atoms with Gasteiger partial charge in [0, 0.05) is 38.8 Å². The van der Waals surface area contributed by atoms with Crippen LogP contribution in [0.15, 0.2) is 24.3 Å². The molecule has 0 spiro atoms. The minimum Gasteiger partial charge on any atom is -0.378 e. The number of benzene rings is 1. The molecular weight excluding hydrogens is 314 g/mol. The van der Waals surface area contributed by atoms with Gasteiger partial charge in [-0.1, -0.05) is 24.3 Å². The Balaban J connectivity index is 1.18. The Kier molecular flexibility index (Phi) is 4.03. The Bertz CT molecular complexity index is 635. The van der Waals surface area contributed by atoms with Crippen molar-refractivity contribution in [1.82, 2.24) is 14.7 Å². The first kappa shape index (κ1) is 15.8. The lowest BCUT2D eigenvalue weighted by atomic mass is 10.0. The Morgan fingerprint density at radius 2 is 1.84 bits per heavy atom. The third-order valence-electron chi connectivity index (χ3n) is 6.34. The summed E-state index contributed by atoms with van der Waals surface area (Å²) in [5, 5.41) is 0. The number of rotatable bonds is 3. The van der Waals surface area contributed by atoms with Gasteiger partial charge in [0.15, 0.2) is 0 Å². The van der Waals surface area contributed by atoms with Gasteiger partial charge < -0.3 is 9.64 Å². The summed E-state index contributed by atoms with van der Waals surface area (Å²) < 4.78 is 5.87. The van der Waals surface area contributed by atoms with Crippen molar-refractivity contribution in [2.45, 2.75) is 38.0 Å². The largest absolute Gasteiger partial charge is 0.378 e. The quantitative estimate of drug-likeness (QED) is 0.831. The predicted molar refractivity (Wildman–Crippen MR) is 95.0 cm³/mol. The van der Waals surface area contributed by atoms with Crippen LogP contribution < -0.4 is 0 Å². The molecule has 4 aliphatic rings. The molecule has 0 aromatic heterocycles. The molecular formula is C20H27N3O2. The fraction of sp³-hybridized carbons (Fsp3) is 0.650. The summed E-state index contributed by atoms with van der Waals surface area (Å²) in [4.78, 5) is 19.8. The number of fused-ring (bicyclic) bond motifs is 2. The molecule has 5 rings (SSSR count). The van der Waals surface area contributed by atoms with Crippen LogP contribution >= 0.6 is 0 Å². The number of carbonyl (C=O) groups is 1. The summed E-state index contributed by atoms with van der Waals surface area (Å²) in [5.74, 6) is 1.12. The van der Waals surface area contributed by atoms with Gasteiger partial charge in [0.25, 0.3) is 0 Å². The normalized spacial score (nSPS) is 30.2. The van der Waals surface area contributed by atoms with Crippen molar-refractivity contribution in [3.63, 3.8) is 0 Å². The molecule has 0 N–H and O–H groups in total. The highest BCUT2D eigenvalue weighted by Gasteiger charge is 2.43. The second-order valence-electron chi connectivity index (χ2n) is 8.09. The van der Waals surface area contributed by atoms with E-state index in [1.54, 1.807) is 0 Å². The van der Waals surface area contributed by atoms with E-state index in [9.17, 15) is 4.79 Å². The van der Waals surface area contributed by atoms with Crippen LogP contribution in [0.5, 0.6) is 0 Å². The van der Waals surface area contributed by atoms with Gasteiger partial charge in [-0.25, -0.2) is 0 Å². The summed E-state index contributed by atoms with van der Waals surface area (Å²) in [6.07, 6.45) is 2.71. The lowest BCUT2D eigenvalue weighted by molar-refractivity contribution is -0.141. The highest BCUT2D eigenvalue weighted by atomic mass is 16.5. The zero-order valence-electron chi connectivity index (χ0n) is 14.8. The fourth-order valence-electron chi connectivity index (χ4n) is 4.80. The standard InChI is InChI=1S/C20H27N3O2/c24-20(12-21-9-16-3-1-2-4-17(16)10-21)22-7-8-23-18(11-22)13-25-14-19(23)15-5-6-15/h1-4,15,18-19H,5-14H2/t18-,19-/m1/s1. The molecule has 2 saturated heterocycles. The molecule has 5 nitrogen and oxygen atoms in total. The molecule has 1 aromatic rings. The molecule has 1 amide bonds. The molecule has 1 aliphatic carbocycles. The van der Waals surface area contributed by atoms with Crippen LogP contribution in [0.4, 0.5) is 0 Å². The van der Waals surface area contributed by atoms with Crippen molar-refractivity contribution < 1.29 is 9.53 Å². The van der Waals surface area contributed by atoms with Crippen molar-refractivity contribution in [2.24, 2.45) is 5.92 Å². The van der Waals surface area contributed by atoms with Crippen LogP contribution in [0.1, 0.15) is 24.0 Å². The molecule has 3 heterocycles. The zero-order chi connectivity index (χ0) is 16.8. The number of piperazine rings is 1. The Morgan fingerprint density at radius 3 is 2.56 bits per heavy atom. The first-order valence-corrected chi connectivity index (χ1v) is 9.68. The summed E-state index contributed by atoms with van der Waals surface area (Å²) in [6.45, 7) is 6.73. The Hall–Kier alpha value is -1.43. The van der Waals surface area contributed by atoms with E-state index < -0.39 is 0 Å². The van der Waals surface area contributed by atoms with Gasteiger partial charge >= 0.3 is 0 Å². The van der Waals surface area contributed by atoms with Gasteiger partial charge in [-0.3, -0.25) is 14.6 Å². The Labute approximate surface area is 149 Å². The van der Waals surface area contributed by atoms with Crippen LogP contribution in [0.2, 0.25) is 0 Å². The zero-order valence-corrected chi connectivity index (χ0v) is 14.8. The average Bonchev–Trinajstić information content (AvgIpc) is 3.40. The van der Waals surface area contributed by atoms with E-state index in [2.05, 4.69) is 39.0 Å². The van der Waals surface area contributed by atoms with Crippen molar-refractivity contribution in [1.29, 1.82) is 0 Å². The minimum absolute atomic E-state index is 0.279. The van der Waals surface area contributed by atoms with Crippen molar-refractivity contribution in [3.05, 3.63) is 35.4 Å². The van der Waals surface area contributed by atoms with E-state index in [0.717, 1.165) is 51.9 Å². The lowest BCUT2D eigenvalue weighted by Gasteiger charge is -2.48. The minimum atomic E-state index is 0.279. The highest BCUT2D eigenvalue weighted by molar-refractivity contribution is 5.78. The highest BCUT2D eigenvalue weighted by Crippen LogP contribution is 2.38. The van der Waals surface area contributed by atoms with Crippen molar-refractivity contribution >= 4 is 5.91 Å². The summed E-state index contributed by atoms with van der Waals surface area (Å²) in [5.41, 5.74) is 2.74. The molecule has 0 unspecified atom stereocenters. The van der Waals surface area contributed by atoms with Crippen LogP contribution in [0.25, 0.3) is 0 Å². The predicted octanol–water partition coefficient (Wildman–Crippen LogP) is 1.32. The summed E-state index contributed by atoms with van der Waals surface area (Å²) >= 11 is 0. The third-order valence-corrected chi connectivity index (χ3v) is 6.34. The Morgan fingerprint density at radius 1 is 1.08 bits per heavy atom. The maximum absolute atomic E-state index is 12.8.